The summed E-state index contributed by atoms with van der Waals surface area (Å²) in [7, 11) is -3.48. The van der Waals surface area contributed by atoms with Crippen LogP contribution in [0.25, 0.3) is 0 Å². The number of hydrogen-bond donors (Lipinski definition) is 1. The maximum Gasteiger partial charge on any atom is 0.221 e. The molecule has 1 aliphatic heterocycles. The van der Waals surface area contributed by atoms with E-state index in [4.69, 9.17) is 4.74 Å². The van der Waals surface area contributed by atoms with Gasteiger partial charge < -0.3 is 10.1 Å². The van der Waals surface area contributed by atoms with Crippen LogP contribution in [0.3, 0.4) is 0 Å². The molecule has 1 N–H and O–H groups in total. The molecule has 0 spiro atoms. The maximum absolute atomic E-state index is 12.5. The van der Waals surface area contributed by atoms with Crippen LogP contribution < -0.4 is 5.32 Å². The summed E-state index contributed by atoms with van der Waals surface area (Å²) in [6.45, 7) is 7.33. The number of nitrogens with one attached hydrogen (secondary N) is 1. The Kier molecular flexibility index (Phi) is 7.64. The highest BCUT2D eigenvalue weighted by Crippen LogP contribution is 2.22. The normalized spacial score (nSPS) is 16.2. The topological polar surface area (TPSA) is 75.7 Å². The second-order valence-corrected chi connectivity index (χ2v) is 9.87. The van der Waals surface area contributed by atoms with Crippen molar-refractivity contribution < 1.29 is 17.9 Å². The fourth-order valence-corrected chi connectivity index (χ4v) is 4.77. The summed E-state index contributed by atoms with van der Waals surface area (Å²) in [4.78, 5) is 15.0. The minimum Gasteiger partial charge on any atom is -0.379 e. The van der Waals surface area contributed by atoms with E-state index in [0.717, 1.165) is 24.2 Å². The van der Waals surface area contributed by atoms with Gasteiger partial charge in [-0.3, -0.25) is 9.69 Å². The van der Waals surface area contributed by atoms with Crippen molar-refractivity contribution in [3.8, 4) is 0 Å². The maximum atomic E-state index is 12.5. The van der Waals surface area contributed by atoms with Gasteiger partial charge >= 0.3 is 0 Å². The fourth-order valence-electron chi connectivity index (χ4n) is 3.52. The first kappa shape index (κ1) is 22.5. The van der Waals surface area contributed by atoms with Crippen LogP contribution in [0.2, 0.25) is 0 Å². The lowest BCUT2D eigenvalue weighted by atomic mass is 10.0. The molecule has 1 unspecified atom stereocenters. The van der Waals surface area contributed by atoms with Gasteiger partial charge in [0.25, 0.3) is 0 Å². The average Bonchev–Trinajstić information content (AvgIpc) is 2.75. The number of sulfone groups is 1. The van der Waals surface area contributed by atoms with Gasteiger partial charge in [0.05, 0.1) is 29.9 Å². The van der Waals surface area contributed by atoms with Crippen molar-refractivity contribution in [2.75, 3.05) is 38.6 Å². The predicted octanol–water partition coefficient (Wildman–Crippen LogP) is 2.66. The number of morpholine rings is 1. The number of rotatable bonds is 8. The van der Waals surface area contributed by atoms with Crippen LogP contribution in [0.15, 0.2) is 53.4 Å². The highest BCUT2D eigenvalue weighted by Gasteiger charge is 2.24. The van der Waals surface area contributed by atoms with Crippen LogP contribution in [0, 0.1) is 13.8 Å². The van der Waals surface area contributed by atoms with E-state index >= 15 is 0 Å². The first-order valence-corrected chi connectivity index (χ1v) is 11.9. The van der Waals surface area contributed by atoms with E-state index in [0.29, 0.717) is 19.8 Å². The Balaban J connectivity index is 1.59. The second-order valence-electron chi connectivity index (χ2n) is 7.76. The zero-order chi connectivity index (χ0) is 21.6. The number of benzene rings is 2. The van der Waals surface area contributed by atoms with Gasteiger partial charge in [-0.2, -0.15) is 0 Å². The van der Waals surface area contributed by atoms with Crippen LogP contribution >= 0.6 is 0 Å². The molecule has 1 saturated heterocycles. The lowest BCUT2D eigenvalue weighted by Crippen LogP contribution is -2.44. The standard InChI is InChI=1S/C23H30N2O4S/c1-18-3-7-20(8-4-18)22(25-12-14-29-15-13-25)17-24-23(26)11-16-30(27,28)21-9-5-19(2)6-10-21/h3-10,22H,11-17H2,1-2H3,(H,24,26). The molecular weight excluding hydrogens is 400 g/mol. The van der Waals surface area contributed by atoms with Crippen LogP contribution in [0.5, 0.6) is 0 Å². The molecule has 3 rings (SSSR count). The molecule has 1 atom stereocenters. The summed E-state index contributed by atoms with van der Waals surface area (Å²) >= 11 is 0. The first-order valence-electron chi connectivity index (χ1n) is 10.3. The van der Waals surface area contributed by atoms with Crippen LogP contribution in [-0.2, 0) is 19.4 Å². The van der Waals surface area contributed by atoms with E-state index in [-0.39, 0.29) is 29.0 Å². The lowest BCUT2D eigenvalue weighted by Gasteiger charge is -2.35. The molecule has 1 fully saturated rings. The summed E-state index contributed by atoms with van der Waals surface area (Å²) in [6, 6.07) is 15.1. The monoisotopic (exact) mass is 430 g/mol. The number of aryl methyl sites for hydroxylation is 2. The molecule has 0 aromatic heterocycles. The summed E-state index contributed by atoms with van der Waals surface area (Å²) in [6.07, 6.45) is -0.0556. The number of nitrogens with zero attached hydrogens (tertiary/aromatic N) is 1. The Bertz CT molecular complexity index is 934. The number of ether oxygens (including phenoxy) is 1. The molecule has 7 heteroatoms. The Morgan fingerprint density at radius 1 is 1.00 bits per heavy atom. The van der Waals surface area contributed by atoms with Crippen molar-refractivity contribution >= 4 is 15.7 Å². The van der Waals surface area contributed by atoms with E-state index < -0.39 is 9.84 Å². The van der Waals surface area contributed by atoms with Gasteiger partial charge in [0.15, 0.2) is 9.84 Å². The van der Waals surface area contributed by atoms with Gasteiger partial charge in [-0.05, 0) is 31.5 Å². The second kappa shape index (κ2) is 10.2. The summed E-state index contributed by atoms with van der Waals surface area (Å²) < 4.78 is 30.4. The van der Waals surface area contributed by atoms with E-state index in [1.54, 1.807) is 24.3 Å². The third kappa shape index (κ3) is 6.14. The number of carbonyl (C=O) groups is 1. The fraction of sp³-hybridized carbons (Fsp3) is 0.435. The SMILES string of the molecule is Cc1ccc(C(CNC(=O)CCS(=O)(=O)c2ccc(C)cc2)N2CCOCC2)cc1. The predicted molar refractivity (Wildman–Crippen MR) is 117 cm³/mol. The molecule has 30 heavy (non-hydrogen) atoms. The van der Waals surface area contributed by atoms with Crippen molar-refractivity contribution in [1.82, 2.24) is 10.2 Å². The summed E-state index contributed by atoms with van der Waals surface area (Å²) in [5, 5.41) is 2.94. The number of hydrogen-bond acceptors (Lipinski definition) is 5. The molecule has 0 aliphatic carbocycles. The van der Waals surface area contributed by atoms with Gasteiger partial charge in [0.2, 0.25) is 5.91 Å². The Morgan fingerprint density at radius 3 is 2.17 bits per heavy atom. The molecule has 162 valence electrons. The first-order chi connectivity index (χ1) is 14.3. The zero-order valence-electron chi connectivity index (χ0n) is 17.6. The number of carbonyl (C=O) groups excluding carboxylic acids is 1. The van der Waals surface area contributed by atoms with Gasteiger partial charge in [-0.1, -0.05) is 47.5 Å². The van der Waals surface area contributed by atoms with E-state index in [1.807, 2.05) is 13.8 Å². The van der Waals surface area contributed by atoms with Crippen molar-refractivity contribution in [3.05, 3.63) is 65.2 Å². The summed E-state index contributed by atoms with van der Waals surface area (Å²) in [5.41, 5.74) is 3.32. The van der Waals surface area contributed by atoms with Gasteiger partial charge in [0, 0.05) is 26.1 Å². The number of amides is 1. The Morgan fingerprint density at radius 2 is 1.57 bits per heavy atom. The van der Waals surface area contributed by atoms with E-state index in [2.05, 4.69) is 34.5 Å². The molecule has 1 heterocycles. The van der Waals surface area contributed by atoms with Gasteiger partial charge in [-0.25, -0.2) is 8.42 Å². The molecule has 2 aromatic rings. The molecule has 6 nitrogen and oxygen atoms in total. The molecule has 0 saturated carbocycles. The van der Waals surface area contributed by atoms with Crippen molar-refractivity contribution in [3.63, 3.8) is 0 Å². The van der Waals surface area contributed by atoms with Crippen molar-refractivity contribution in [2.24, 2.45) is 0 Å². The molecule has 0 bridgehead atoms. The third-order valence-electron chi connectivity index (χ3n) is 5.42. The van der Waals surface area contributed by atoms with E-state index in [1.165, 1.54) is 5.56 Å². The van der Waals surface area contributed by atoms with Crippen LogP contribution in [-0.4, -0.2) is 57.8 Å². The molecule has 0 radical (unpaired) electrons. The molecule has 1 aliphatic rings. The largest absolute Gasteiger partial charge is 0.379 e. The molecular formula is C23H30N2O4S. The Labute approximate surface area is 179 Å². The van der Waals surface area contributed by atoms with Gasteiger partial charge in [0.1, 0.15) is 0 Å². The zero-order valence-corrected chi connectivity index (χ0v) is 18.5. The minimum absolute atomic E-state index is 0.0344. The van der Waals surface area contributed by atoms with Crippen molar-refractivity contribution in [2.45, 2.75) is 31.2 Å². The molecule has 2 aromatic carbocycles. The average molecular weight is 431 g/mol. The van der Waals surface area contributed by atoms with E-state index in [9.17, 15) is 13.2 Å². The Hall–Kier alpha value is -2.22. The van der Waals surface area contributed by atoms with Crippen LogP contribution in [0.4, 0.5) is 0 Å². The molecule has 1 amide bonds. The lowest BCUT2D eigenvalue weighted by molar-refractivity contribution is -0.121. The van der Waals surface area contributed by atoms with Crippen LogP contribution in [0.1, 0.15) is 29.2 Å². The highest BCUT2D eigenvalue weighted by molar-refractivity contribution is 7.91. The smallest absolute Gasteiger partial charge is 0.221 e. The minimum atomic E-state index is -3.48. The summed E-state index contributed by atoms with van der Waals surface area (Å²) in [5.74, 6) is -0.453. The quantitative estimate of drug-likeness (QED) is 0.697. The van der Waals surface area contributed by atoms with Crippen molar-refractivity contribution in [1.29, 1.82) is 0 Å². The third-order valence-corrected chi connectivity index (χ3v) is 7.15. The van der Waals surface area contributed by atoms with Gasteiger partial charge in [-0.15, -0.1) is 0 Å². The highest BCUT2D eigenvalue weighted by atomic mass is 32.2.